The Hall–Kier alpha value is -4.01. The van der Waals surface area contributed by atoms with Gasteiger partial charge in [0.2, 0.25) is 11.9 Å². The zero-order chi connectivity index (χ0) is 23.8. The number of hydrogen-bond donors (Lipinski definition) is 1. The number of carbonyl (C=O) groups excluding carboxylic acids is 1. The van der Waals surface area contributed by atoms with Crippen molar-refractivity contribution < 1.29 is 4.79 Å². The van der Waals surface area contributed by atoms with Crippen molar-refractivity contribution in [3.8, 4) is 22.5 Å². The van der Waals surface area contributed by atoms with Gasteiger partial charge in [0.1, 0.15) is 6.54 Å². The average Bonchev–Trinajstić information content (AvgIpc) is 3.42. The fraction of sp³-hybridized carbons (Fsp3) is 0.320. The van der Waals surface area contributed by atoms with Gasteiger partial charge in [0, 0.05) is 50.7 Å². The molecule has 1 amide bonds. The molecule has 4 aromatic rings. The van der Waals surface area contributed by atoms with Crippen LogP contribution in [0.15, 0.2) is 42.7 Å². The molecule has 174 valence electrons. The minimum atomic E-state index is -0.0247. The quantitative estimate of drug-likeness (QED) is 0.479. The number of likely N-dealkylation sites (N-methyl/N-ethyl adjacent to an activating group) is 1. The number of anilines is 2. The number of carbonyl (C=O) groups is 1. The smallest absolute Gasteiger partial charge is 0.243 e. The van der Waals surface area contributed by atoms with Crippen molar-refractivity contribution in [2.24, 2.45) is 7.05 Å². The Morgan fingerprint density at radius 1 is 1.12 bits per heavy atom. The summed E-state index contributed by atoms with van der Waals surface area (Å²) < 4.78 is 3.56. The van der Waals surface area contributed by atoms with Crippen LogP contribution in [0.3, 0.4) is 0 Å². The topological polar surface area (TPSA) is 93.8 Å². The highest BCUT2D eigenvalue weighted by atomic mass is 16.2. The summed E-state index contributed by atoms with van der Waals surface area (Å²) in [6.07, 6.45) is 6.38. The van der Waals surface area contributed by atoms with E-state index >= 15 is 0 Å². The van der Waals surface area contributed by atoms with Crippen molar-refractivity contribution in [1.82, 2.24) is 34.4 Å². The van der Waals surface area contributed by atoms with Gasteiger partial charge in [-0.2, -0.15) is 10.2 Å². The summed E-state index contributed by atoms with van der Waals surface area (Å²) in [6.45, 7) is 2.34. The molecule has 5 rings (SSSR count). The third kappa shape index (κ3) is 4.05. The van der Waals surface area contributed by atoms with E-state index in [2.05, 4.69) is 46.6 Å². The van der Waals surface area contributed by atoms with Crippen molar-refractivity contribution >= 4 is 17.7 Å². The number of fused-ring (bicyclic) bond motifs is 3. The summed E-state index contributed by atoms with van der Waals surface area (Å²) in [4.78, 5) is 22.9. The Labute approximate surface area is 198 Å². The predicted molar refractivity (Wildman–Crippen MR) is 131 cm³/mol. The number of aromatic nitrogens is 6. The van der Waals surface area contributed by atoms with Crippen LogP contribution in [0.25, 0.3) is 22.5 Å². The summed E-state index contributed by atoms with van der Waals surface area (Å²) in [5.74, 6) is 1.03. The number of amides is 1. The summed E-state index contributed by atoms with van der Waals surface area (Å²) in [5.41, 5.74) is 7.64. The SMILES string of the molecule is CCc1ccc(-c2c3c(nn2C)CCc2cnc(Nc4ccn(CC(=O)N(C)C)n4)nc2-3)cc1. The Morgan fingerprint density at radius 3 is 2.65 bits per heavy atom. The highest BCUT2D eigenvalue weighted by Crippen LogP contribution is 2.39. The van der Waals surface area contributed by atoms with Gasteiger partial charge in [-0.05, 0) is 30.4 Å². The van der Waals surface area contributed by atoms with Gasteiger partial charge in [0.25, 0.3) is 0 Å². The second kappa shape index (κ2) is 8.74. The molecule has 1 N–H and O–H groups in total. The zero-order valence-corrected chi connectivity index (χ0v) is 19.9. The van der Waals surface area contributed by atoms with Gasteiger partial charge in [0.15, 0.2) is 5.82 Å². The first-order valence-electron chi connectivity index (χ1n) is 11.4. The normalized spacial score (nSPS) is 12.2. The summed E-state index contributed by atoms with van der Waals surface area (Å²) >= 11 is 0. The Bertz CT molecular complexity index is 1350. The van der Waals surface area contributed by atoms with Crippen LogP contribution in [0.2, 0.25) is 0 Å². The lowest BCUT2D eigenvalue weighted by atomic mass is 9.91. The molecule has 9 nitrogen and oxygen atoms in total. The number of nitrogens with one attached hydrogen (secondary N) is 1. The van der Waals surface area contributed by atoms with Gasteiger partial charge < -0.3 is 10.2 Å². The van der Waals surface area contributed by atoms with E-state index in [-0.39, 0.29) is 12.5 Å². The largest absolute Gasteiger partial charge is 0.347 e. The molecule has 0 radical (unpaired) electrons. The van der Waals surface area contributed by atoms with E-state index in [9.17, 15) is 4.79 Å². The molecule has 0 saturated heterocycles. The van der Waals surface area contributed by atoms with Crippen molar-refractivity contribution in [2.75, 3.05) is 19.4 Å². The first kappa shape index (κ1) is 21.8. The van der Waals surface area contributed by atoms with Crippen LogP contribution in [-0.4, -0.2) is 54.4 Å². The lowest BCUT2D eigenvalue weighted by Gasteiger charge is -2.17. The molecule has 0 bridgehead atoms. The molecule has 3 aromatic heterocycles. The molecule has 1 aliphatic carbocycles. The van der Waals surface area contributed by atoms with Gasteiger partial charge in [-0.3, -0.25) is 14.2 Å². The van der Waals surface area contributed by atoms with Crippen LogP contribution in [0, 0.1) is 0 Å². The lowest BCUT2D eigenvalue weighted by Crippen LogP contribution is -2.26. The van der Waals surface area contributed by atoms with Crippen LogP contribution >= 0.6 is 0 Å². The molecule has 0 aliphatic heterocycles. The van der Waals surface area contributed by atoms with Crippen LogP contribution < -0.4 is 5.32 Å². The molecule has 34 heavy (non-hydrogen) atoms. The van der Waals surface area contributed by atoms with Crippen LogP contribution in [0.1, 0.15) is 23.7 Å². The number of rotatable bonds is 6. The number of benzene rings is 1. The molecule has 0 atom stereocenters. The molecular weight excluding hydrogens is 428 g/mol. The molecule has 9 heteroatoms. The first-order chi connectivity index (χ1) is 16.4. The minimum absolute atomic E-state index is 0.0247. The van der Waals surface area contributed by atoms with Crippen LogP contribution in [0.4, 0.5) is 11.8 Å². The van der Waals surface area contributed by atoms with Crippen LogP contribution in [-0.2, 0) is 37.6 Å². The average molecular weight is 457 g/mol. The highest BCUT2D eigenvalue weighted by molar-refractivity contribution is 5.84. The Balaban J connectivity index is 1.47. The fourth-order valence-electron chi connectivity index (χ4n) is 4.26. The maximum Gasteiger partial charge on any atom is 0.243 e. The second-order valence-electron chi connectivity index (χ2n) is 8.72. The van der Waals surface area contributed by atoms with E-state index < -0.39 is 0 Å². The molecule has 0 saturated carbocycles. The lowest BCUT2D eigenvalue weighted by molar-refractivity contribution is -0.129. The predicted octanol–water partition coefficient (Wildman–Crippen LogP) is 3.23. The van der Waals surface area contributed by atoms with E-state index in [1.165, 1.54) is 5.56 Å². The van der Waals surface area contributed by atoms with Gasteiger partial charge in [-0.15, -0.1) is 0 Å². The first-order valence-corrected chi connectivity index (χ1v) is 11.4. The van der Waals surface area contributed by atoms with Crippen molar-refractivity contribution in [2.45, 2.75) is 32.7 Å². The second-order valence-corrected chi connectivity index (χ2v) is 8.72. The van der Waals surface area contributed by atoms with Crippen molar-refractivity contribution in [1.29, 1.82) is 0 Å². The van der Waals surface area contributed by atoms with Gasteiger partial charge in [0.05, 0.1) is 17.1 Å². The van der Waals surface area contributed by atoms with E-state index in [4.69, 9.17) is 10.1 Å². The van der Waals surface area contributed by atoms with E-state index in [0.29, 0.717) is 11.8 Å². The minimum Gasteiger partial charge on any atom is -0.347 e. The Kier molecular flexibility index (Phi) is 5.61. The van der Waals surface area contributed by atoms with Gasteiger partial charge in [-0.1, -0.05) is 31.2 Å². The van der Waals surface area contributed by atoms with Gasteiger partial charge in [-0.25, -0.2) is 9.97 Å². The fourth-order valence-corrected chi connectivity index (χ4v) is 4.26. The third-order valence-corrected chi connectivity index (χ3v) is 6.16. The van der Waals surface area contributed by atoms with Crippen molar-refractivity contribution in [3.05, 3.63) is 59.5 Å². The summed E-state index contributed by atoms with van der Waals surface area (Å²) in [7, 11) is 5.44. The summed E-state index contributed by atoms with van der Waals surface area (Å²) in [5, 5.41) is 12.4. The number of aryl methyl sites for hydroxylation is 4. The Morgan fingerprint density at radius 2 is 1.91 bits per heavy atom. The highest BCUT2D eigenvalue weighted by Gasteiger charge is 2.27. The third-order valence-electron chi connectivity index (χ3n) is 6.16. The number of hydrogen-bond acceptors (Lipinski definition) is 6. The zero-order valence-electron chi connectivity index (χ0n) is 19.9. The summed E-state index contributed by atoms with van der Waals surface area (Å²) in [6, 6.07) is 10.5. The van der Waals surface area contributed by atoms with E-state index in [1.807, 2.05) is 24.0 Å². The van der Waals surface area contributed by atoms with E-state index in [1.54, 1.807) is 29.9 Å². The maximum absolute atomic E-state index is 12.0. The molecule has 3 heterocycles. The number of nitrogens with zero attached hydrogens (tertiary/aromatic N) is 7. The molecule has 0 fully saturated rings. The van der Waals surface area contributed by atoms with Crippen molar-refractivity contribution in [3.63, 3.8) is 0 Å². The van der Waals surface area contributed by atoms with Crippen LogP contribution in [0.5, 0.6) is 0 Å². The molecule has 1 aliphatic rings. The van der Waals surface area contributed by atoms with Gasteiger partial charge >= 0.3 is 0 Å². The molecular formula is C25H28N8O. The molecule has 0 spiro atoms. The monoisotopic (exact) mass is 456 g/mol. The molecule has 1 aromatic carbocycles. The van der Waals surface area contributed by atoms with E-state index in [0.717, 1.165) is 53.0 Å². The standard InChI is InChI=1S/C25H28N8O/c1-5-16-6-8-17(9-7-16)24-22-19(29-32(24)4)11-10-18-14-26-25(28-23(18)22)27-20-12-13-33(30-20)15-21(34)31(2)3/h6-9,12-14H,5,10-11,15H2,1-4H3,(H,26,27,28,30). The maximum atomic E-state index is 12.0. The molecule has 0 unspecified atom stereocenters.